The van der Waals surface area contributed by atoms with Gasteiger partial charge in [-0.1, -0.05) is 36.4 Å². The number of aromatic amines is 2. The first-order valence-corrected chi connectivity index (χ1v) is 9.19. The molecule has 0 spiro atoms. The van der Waals surface area contributed by atoms with Gasteiger partial charge in [0, 0.05) is 39.7 Å². The van der Waals surface area contributed by atoms with Crippen LogP contribution in [0.2, 0.25) is 0 Å². The van der Waals surface area contributed by atoms with Crippen LogP contribution >= 0.6 is 0 Å². The van der Waals surface area contributed by atoms with Crippen LogP contribution in [0.5, 0.6) is 0 Å². The Balaban J connectivity index is 1.66. The lowest BCUT2D eigenvalue weighted by Gasteiger charge is -2.16. The number of aromatic nitrogens is 2. The first-order valence-electron chi connectivity index (χ1n) is 9.19. The van der Waals surface area contributed by atoms with Crippen LogP contribution in [0.15, 0.2) is 54.7 Å². The number of H-pyrrole nitrogens is 2. The number of nitrogens with one attached hydrogen (secondary N) is 3. The molecule has 128 valence electrons. The molecule has 4 aromatic rings. The lowest BCUT2D eigenvalue weighted by molar-refractivity contribution is -0.109. The van der Waals surface area contributed by atoms with E-state index in [2.05, 4.69) is 70.0 Å². The van der Waals surface area contributed by atoms with Crippen LogP contribution in [0.4, 0.5) is 0 Å². The average molecular weight is 341 g/mol. The molecule has 2 aliphatic rings. The van der Waals surface area contributed by atoms with Crippen molar-refractivity contribution in [2.45, 2.75) is 30.3 Å². The molecule has 2 aromatic heterocycles. The fraction of sp³-hybridized carbons (Fsp3) is 0.227. The van der Waals surface area contributed by atoms with Crippen LogP contribution < -0.4 is 5.32 Å². The summed E-state index contributed by atoms with van der Waals surface area (Å²) in [5.74, 6) is 0. The molecular weight excluding hydrogens is 322 g/mol. The number of fused-ring (bicyclic) bond motifs is 6. The van der Waals surface area contributed by atoms with E-state index in [9.17, 15) is 4.79 Å². The maximum Gasteiger partial charge on any atom is 0.137 e. The van der Waals surface area contributed by atoms with Gasteiger partial charge in [0.15, 0.2) is 0 Å². The lowest BCUT2D eigenvalue weighted by atomic mass is 9.88. The third kappa shape index (κ3) is 1.70. The number of hydrogen-bond donors (Lipinski definition) is 3. The van der Waals surface area contributed by atoms with Gasteiger partial charge in [-0.25, -0.2) is 0 Å². The van der Waals surface area contributed by atoms with Gasteiger partial charge in [-0.15, -0.1) is 0 Å². The molecule has 1 saturated carbocycles. The summed E-state index contributed by atoms with van der Waals surface area (Å²) >= 11 is 0. The van der Waals surface area contributed by atoms with Crippen molar-refractivity contribution in [2.24, 2.45) is 0 Å². The normalized spacial score (nSPS) is 27.1. The van der Waals surface area contributed by atoms with Crippen molar-refractivity contribution < 1.29 is 4.79 Å². The van der Waals surface area contributed by atoms with Crippen molar-refractivity contribution in [1.29, 1.82) is 0 Å². The highest BCUT2D eigenvalue weighted by Gasteiger charge is 2.61. The van der Waals surface area contributed by atoms with Crippen molar-refractivity contribution in [2.75, 3.05) is 0 Å². The maximum atomic E-state index is 11.7. The summed E-state index contributed by atoms with van der Waals surface area (Å²) in [4.78, 5) is 18.8. The molecule has 0 bridgehead atoms. The van der Waals surface area contributed by atoms with E-state index in [1.54, 1.807) is 0 Å². The highest BCUT2D eigenvalue weighted by Crippen LogP contribution is 2.58. The van der Waals surface area contributed by atoms with Crippen molar-refractivity contribution in [3.8, 4) is 0 Å². The second-order valence-corrected chi connectivity index (χ2v) is 7.61. The van der Waals surface area contributed by atoms with Gasteiger partial charge in [0.2, 0.25) is 0 Å². The van der Waals surface area contributed by atoms with Crippen LogP contribution in [-0.4, -0.2) is 28.3 Å². The molecule has 26 heavy (non-hydrogen) atoms. The minimum Gasteiger partial charge on any atom is -0.361 e. The van der Waals surface area contributed by atoms with Crippen LogP contribution in [-0.2, 0) is 16.6 Å². The number of carbonyl (C=O) groups is 1. The monoisotopic (exact) mass is 341 g/mol. The molecule has 6 rings (SSSR count). The largest absolute Gasteiger partial charge is 0.361 e. The van der Waals surface area contributed by atoms with Gasteiger partial charge in [-0.2, -0.15) is 0 Å². The molecule has 1 unspecified atom stereocenters. The van der Waals surface area contributed by atoms with Gasteiger partial charge in [0.05, 0.1) is 11.5 Å². The summed E-state index contributed by atoms with van der Waals surface area (Å²) in [5, 5.41) is 6.10. The Morgan fingerprint density at radius 1 is 1.00 bits per heavy atom. The van der Waals surface area contributed by atoms with Crippen LogP contribution in [0.25, 0.3) is 21.8 Å². The molecule has 1 aliphatic heterocycles. The molecule has 4 nitrogen and oxygen atoms in total. The van der Waals surface area contributed by atoms with Gasteiger partial charge in [0.1, 0.15) is 6.29 Å². The smallest absolute Gasteiger partial charge is 0.137 e. The van der Waals surface area contributed by atoms with Crippen LogP contribution in [0, 0.1) is 0 Å². The lowest BCUT2D eigenvalue weighted by Crippen LogP contribution is -2.35. The fourth-order valence-corrected chi connectivity index (χ4v) is 5.03. The van der Waals surface area contributed by atoms with E-state index in [1.807, 2.05) is 0 Å². The molecule has 0 radical (unpaired) electrons. The van der Waals surface area contributed by atoms with Crippen LogP contribution in [0.3, 0.4) is 0 Å². The summed E-state index contributed by atoms with van der Waals surface area (Å²) in [5.41, 5.74) is 6.13. The number of rotatable bonds is 2. The van der Waals surface area contributed by atoms with Crippen LogP contribution in [0.1, 0.15) is 23.2 Å². The maximum absolute atomic E-state index is 11.7. The third-order valence-corrected chi connectivity index (χ3v) is 6.29. The van der Waals surface area contributed by atoms with Crippen molar-refractivity contribution in [1.82, 2.24) is 15.3 Å². The Morgan fingerprint density at radius 3 is 2.62 bits per heavy atom. The Bertz CT molecular complexity index is 1170. The molecule has 4 heteroatoms. The predicted molar refractivity (Wildman–Crippen MR) is 102 cm³/mol. The van der Waals surface area contributed by atoms with E-state index in [-0.39, 0.29) is 17.5 Å². The topological polar surface area (TPSA) is 60.7 Å². The predicted octanol–water partition coefficient (Wildman–Crippen LogP) is 3.42. The molecule has 1 fully saturated rings. The number of benzene rings is 2. The fourth-order valence-electron chi connectivity index (χ4n) is 5.03. The summed E-state index contributed by atoms with van der Waals surface area (Å²) < 4.78 is 0. The molecule has 3 N–H and O–H groups in total. The molecule has 3 heterocycles. The third-order valence-electron chi connectivity index (χ3n) is 6.29. The minimum absolute atomic E-state index is 0.0916. The minimum atomic E-state index is -0.132. The van der Waals surface area contributed by atoms with E-state index in [1.165, 1.54) is 27.6 Å². The zero-order valence-electron chi connectivity index (χ0n) is 14.3. The second-order valence-electron chi connectivity index (χ2n) is 7.61. The first kappa shape index (κ1) is 14.3. The SMILES string of the molecule is O=C[C@@H]1Cc2c([nH]c3ccccc23)[C@]2(c3c[nH]c4ccccc34)CC2N1. The Labute approximate surface area is 150 Å². The summed E-state index contributed by atoms with van der Waals surface area (Å²) in [6.45, 7) is 0. The molecule has 1 aliphatic carbocycles. The second kappa shape index (κ2) is 4.86. The average Bonchev–Trinajstić information content (AvgIpc) is 3.07. The van der Waals surface area contributed by atoms with E-state index < -0.39 is 0 Å². The zero-order chi connectivity index (χ0) is 17.3. The highest BCUT2D eigenvalue weighted by molar-refractivity contribution is 5.90. The first-order chi connectivity index (χ1) is 12.8. The van der Waals surface area contributed by atoms with Gasteiger partial charge >= 0.3 is 0 Å². The Kier molecular flexibility index (Phi) is 2.68. The summed E-state index contributed by atoms with van der Waals surface area (Å²) in [7, 11) is 0. The van der Waals surface area contributed by atoms with Gasteiger partial charge < -0.3 is 20.1 Å². The number of hydrogen-bond acceptors (Lipinski definition) is 2. The standard InChI is InChI=1S/C22H19N3O/c26-12-13-9-16-14-5-1-4-8-19(14)25-21(16)22(10-20(22)24-13)17-11-23-18-7-3-2-6-15(17)18/h1-8,11-13,20,23-25H,9-10H2/t13-,20?,22-/m0/s1. The zero-order valence-corrected chi connectivity index (χ0v) is 14.3. The van der Waals surface area contributed by atoms with E-state index in [4.69, 9.17) is 0 Å². The van der Waals surface area contributed by atoms with Gasteiger partial charge in [0.25, 0.3) is 0 Å². The van der Waals surface area contributed by atoms with E-state index >= 15 is 0 Å². The van der Waals surface area contributed by atoms with Crippen molar-refractivity contribution in [3.05, 3.63) is 71.5 Å². The summed E-state index contributed by atoms with van der Waals surface area (Å²) in [6, 6.07) is 17.1. The number of carbonyl (C=O) groups excluding carboxylic acids is 1. The molecule has 0 amide bonds. The number of para-hydroxylation sites is 2. The van der Waals surface area contributed by atoms with Gasteiger partial charge in [-0.05, 0) is 36.1 Å². The molecular formula is C22H19N3O. The summed E-state index contributed by atoms with van der Waals surface area (Å²) in [6.07, 6.45) is 4.97. The highest BCUT2D eigenvalue weighted by atomic mass is 16.1. The number of aldehydes is 1. The van der Waals surface area contributed by atoms with Crippen molar-refractivity contribution >= 4 is 28.1 Å². The van der Waals surface area contributed by atoms with E-state index in [0.717, 1.165) is 30.2 Å². The Hall–Kier alpha value is -2.85. The molecule has 0 saturated heterocycles. The van der Waals surface area contributed by atoms with Crippen molar-refractivity contribution in [3.63, 3.8) is 0 Å². The quantitative estimate of drug-likeness (QED) is 0.489. The Morgan fingerprint density at radius 2 is 1.77 bits per heavy atom. The molecule has 3 atom stereocenters. The molecule has 2 aromatic carbocycles. The van der Waals surface area contributed by atoms with Gasteiger partial charge in [-0.3, -0.25) is 0 Å². The van der Waals surface area contributed by atoms with E-state index in [0.29, 0.717) is 0 Å².